The van der Waals surface area contributed by atoms with Gasteiger partial charge in [0.15, 0.2) is 0 Å². The molecule has 4 fully saturated rings. The monoisotopic (exact) mass is 535 g/mol. The lowest BCUT2D eigenvalue weighted by molar-refractivity contribution is 0.0582. The smallest absolute Gasteiger partial charge is 0.0321 e. The minimum atomic E-state index is 0. The van der Waals surface area contributed by atoms with Crippen molar-refractivity contribution in [2.24, 2.45) is 52.3 Å². The van der Waals surface area contributed by atoms with Gasteiger partial charge >= 0.3 is 0 Å². The van der Waals surface area contributed by atoms with E-state index >= 15 is 0 Å². The van der Waals surface area contributed by atoms with Crippen LogP contribution in [0.3, 0.4) is 0 Å². The Hall–Kier alpha value is 0. The van der Waals surface area contributed by atoms with Crippen LogP contribution in [0.15, 0.2) is 0 Å². The molecular weight excluding hydrogens is 456 g/mol. The molecule has 0 saturated heterocycles. The van der Waals surface area contributed by atoms with Crippen LogP contribution in [0.1, 0.15) is 193 Å². The van der Waals surface area contributed by atoms with E-state index in [-0.39, 0.29) is 14.9 Å². The van der Waals surface area contributed by atoms with Crippen LogP contribution >= 0.6 is 0 Å². The van der Waals surface area contributed by atoms with Crippen LogP contribution < -0.4 is 0 Å². The van der Waals surface area contributed by atoms with Crippen LogP contribution in [-0.2, 0) is 0 Å². The standard InChI is InChI=1S/C15H28.C12H24.C9H18.2CH4/c1-12-3-7-14(8-4-12)11-15-9-5-13(2)6-10-15;1-6-12(5)8-10(2)7-11(3,4)9-12;1-3-9-6-4-8(2)5-7-9;;/h12-15H,3-11H2,1-2H3;10H,6-9H2,1-5H3;8-9H,3-7H2,1-2H3;2*1H4. The van der Waals surface area contributed by atoms with Gasteiger partial charge in [-0.1, -0.05) is 167 Å². The van der Waals surface area contributed by atoms with Gasteiger partial charge < -0.3 is 0 Å². The molecule has 2 unspecified atom stereocenters. The molecular formula is C38H78. The third-order valence-corrected chi connectivity index (χ3v) is 11.2. The molecule has 230 valence electrons. The molecule has 0 radical (unpaired) electrons. The molecule has 4 aliphatic rings. The second-order valence-electron chi connectivity index (χ2n) is 16.0. The van der Waals surface area contributed by atoms with E-state index in [1.807, 2.05) is 0 Å². The van der Waals surface area contributed by atoms with E-state index < -0.39 is 0 Å². The Kier molecular flexibility index (Phi) is 18.4. The summed E-state index contributed by atoms with van der Waals surface area (Å²) < 4.78 is 0. The van der Waals surface area contributed by atoms with Gasteiger partial charge in [-0.15, -0.1) is 0 Å². The first kappa shape index (κ1) is 38.0. The van der Waals surface area contributed by atoms with Gasteiger partial charge in [0, 0.05) is 0 Å². The molecule has 0 aromatic heterocycles. The molecule has 4 rings (SSSR count). The summed E-state index contributed by atoms with van der Waals surface area (Å²) in [5.41, 5.74) is 1.21. The van der Waals surface area contributed by atoms with Gasteiger partial charge in [0.05, 0.1) is 0 Å². The third-order valence-electron chi connectivity index (χ3n) is 11.2. The summed E-state index contributed by atoms with van der Waals surface area (Å²) in [5.74, 6) is 7.26. The fraction of sp³-hybridized carbons (Fsp3) is 1.00. The SMILES string of the molecule is C.C.CC1CCC(CC2CCC(C)CC2)CC1.CCC1(C)CC(C)CC(C)(C)C1.CCC1CCC(C)CC1. The molecule has 0 N–H and O–H groups in total. The highest BCUT2D eigenvalue weighted by atomic mass is 14.4. The lowest BCUT2D eigenvalue weighted by atomic mass is 9.60. The lowest BCUT2D eigenvalue weighted by Gasteiger charge is -2.45. The Morgan fingerprint density at radius 3 is 1.18 bits per heavy atom. The van der Waals surface area contributed by atoms with E-state index in [1.165, 1.54) is 109 Å². The normalized spacial score (nSPS) is 38.6. The van der Waals surface area contributed by atoms with Crippen molar-refractivity contribution in [1.29, 1.82) is 0 Å². The Morgan fingerprint density at radius 2 is 0.868 bits per heavy atom. The van der Waals surface area contributed by atoms with Gasteiger partial charge in [-0.3, -0.25) is 0 Å². The summed E-state index contributed by atoms with van der Waals surface area (Å²) in [4.78, 5) is 0. The molecule has 0 amide bonds. The topological polar surface area (TPSA) is 0 Å². The maximum Gasteiger partial charge on any atom is -0.0321 e. The zero-order valence-electron chi connectivity index (χ0n) is 26.8. The molecule has 2 atom stereocenters. The van der Waals surface area contributed by atoms with E-state index in [2.05, 4.69) is 62.3 Å². The van der Waals surface area contributed by atoms with Gasteiger partial charge in [0.1, 0.15) is 0 Å². The Morgan fingerprint density at radius 1 is 0.500 bits per heavy atom. The second kappa shape index (κ2) is 18.4. The molecule has 0 spiro atoms. The quantitative estimate of drug-likeness (QED) is 0.336. The number of rotatable bonds is 4. The van der Waals surface area contributed by atoms with Crippen molar-refractivity contribution in [3.05, 3.63) is 0 Å². The summed E-state index contributed by atoms with van der Waals surface area (Å²) in [6.45, 7) is 21.6. The fourth-order valence-electron chi connectivity index (χ4n) is 8.76. The summed E-state index contributed by atoms with van der Waals surface area (Å²) in [5, 5.41) is 0. The third kappa shape index (κ3) is 14.6. The number of hydrogen-bond donors (Lipinski definition) is 0. The van der Waals surface area contributed by atoms with Crippen molar-refractivity contribution in [3.63, 3.8) is 0 Å². The molecule has 0 aromatic rings. The van der Waals surface area contributed by atoms with Crippen LogP contribution in [0.2, 0.25) is 0 Å². The molecule has 0 aromatic carbocycles. The van der Waals surface area contributed by atoms with Crippen LogP contribution in [-0.4, -0.2) is 0 Å². The maximum absolute atomic E-state index is 2.46. The molecule has 0 bridgehead atoms. The van der Waals surface area contributed by atoms with Crippen LogP contribution in [0.5, 0.6) is 0 Å². The average Bonchev–Trinajstić information content (AvgIpc) is 2.82. The van der Waals surface area contributed by atoms with Crippen molar-refractivity contribution in [2.45, 2.75) is 193 Å². The first-order chi connectivity index (χ1) is 16.9. The van der Waals surface area contributed by atoms with Crippen molar-refractivity contribution >= 4 is 0 Å². The highest BCUT2D eigenvalue weighted by Gasteiger charge is 2.38. The summed E-state index contributed by atoms with van der Waals surface area (Å²) in [6, 6.07) is 0. The fourth-order valence-corrected chi connectivity index (χ4v) is 8.76. The maximum atomic E-state index is 2.46. The molecule has 4 aliphatic carbocycles. The minimum Gasteiger partial charge on any atom is -0.0776 e. The summed E-state index contributed by atoms with van der Waals surface area (Å²) in [7, 11) is 0. The Bertz CT molecular complexity index is 531. The predicted octanol–water partition coefficient (Wildman–Crippen LogP) is 13.8. The van der Waals surface area contributed by atoms with E-state index in [1.54, 1.807) is 6.42 Å². The molecule has 0 heterocycles. The minimum absolute atomic E-state index is 0. The van der Waals surface area contributed by atoms with Gasteiger partial charge in [-0.05, 0) is 77.9 Å². The molecule has 0 nitrogen and oxygen atoms in total. The van der Waals surface area contributed by atoms with Crippen LogP contribution in [0.25, 0.3) is 0 Å². The van der Waals surface area contributed by atoms with Crippen molar-refractivity contribution < 1.29 is 0 Å². The van der Waals surface area contributed by atoms with Gasteiger partial charge in [-0.2, -0.15) is 0 Å². The lowest BCUT2D eigenvalue weighted by Crippen LogP contribution is -2.34. The summed E-state index contributed by atoms with van der Waals surface area (Å²) >= 11 is 0. The van der Waals surface area contributed by atoms with E-state index in [0.717, 1.165) is 41.4 Å². The van der Waals surface area contributed by atoms with Gasteiger partial charge in [-0.25, -0.2) is 0 Å². The Labute approximate surface area is 244 Å². The second-order valence-corrected chi connectivity index (χ2v) is 16.0. The van der Waals surface area contributed by atoms with Crippen molar-refractivity contribution in [1.82, 2.24) is 0 Å². The van der Waals surface area contributed by atoms with Gasteiger partial charge in [0.25, 0.3) is 0 Å². The van der Waals surface area contributed by atoms with Crippen LogP contribution in [0.4, 0.5) is 0 Å². The predicted molar refractivity (Wildman–Crippen MR) is 177 cm³/mol. The van der Waals surface area contributed by atoms with Crippen LogP contribution in [0, 0.1) is 52.3 Å². The zero-order chi connectivity index (χ0) is 26.8. The molecule has 0 aliphatic heterocycles. The van der Waals surface area contributed by atoms with E-state index in [4.69, 9.17) is 0 Å². The molecule has 4 saturated carbocycles. The van der Waals surface area contributed by atoms with E-state index in [9.17, 15) is 0 Å². The zero-order valence-corrected chi connectivity index (χ0v) is 26.8. The highest BCUT2D eigenvalue weighted by Crippen LogP contribution is 2.50. The largest absolute Gasteiger partial charge is 0.0776 e. The number of hydrogen-bond acceptors (Lipinski definition) is 0. The average molecular weight is 535 g/mol. The Balaban J connectivity index is 0.000000543. The molecule has 0 heteroatoms. The molecule has 38 heavy (non-hydrogen) atoms. The summed E-state index contributed by atoms with van der Waals surface area (Å²) in [6.07, 6.45) is 26.7. The van der Waals surface area contributed by atoms with Crippen molar-refractivity contribution in [2.75, 3.05) is 0 Å². The van der Waals surface area contributed by atoms with E-state index in [0.29, 0.717) is 10.8 Å². The highest BCUT2D eigenvalue weighted by molar-refractivity contribution is 4.89. The first-order valence-electron chi connectivity index (χ1n) is 16.9. The van der Waals surface area contributed by atoms with Gasteiger partial charge in [0.2, 0.25) is 0 Å². The van der Waals surface area contributed by atoms with Crippen molar-refractivity contribution in [3.8, 4) is 0 Å². The first-order valence-corrected chi connectivity index (χ1v) is 16.9.